The number of nitrogens with one attached hydrogen (secondary N) is 1. The van der Waals surface area contributed by atoms with Crippen LogP contribution in [0.25, 0.3) is 10.6 Å². The van der Waals surface area contributed by atoms with Crippen molar-refractivity contribution >= 4 is 39.1 Å². The zero-order valence-electron chi connectivity index (χ0n) is 11.9. The molecule has 2 rings (SSSR count). The molecule has 1 amide bonds. The van der Waals surface area contributed by atoms with Crippen LogP contribution < -0.4 is 5.32 Å². The van der Waals surface area contributed by atoms with Crippen LogP contribution >= 0.6 is 27.3 Å². The van der Waals surface area contributed by atoms with Gasteiger partial charge >= 0.3 is 5.97 Å². The molecule has 1 aromatic carbocycles. The molecule has 0 aliphatic rings. The van der Waals surface area contributed by atoms with Gasteiger partial charge in [-0.25, -0.2) is 4.98 Å². The molecule has 1 unspecified atom stereocenters. The number of carboxylic acids is 1. The van der Waals surface area contributed by atoms with Gasteiger partial charge in [0.25, 0.3) is 0 Å². The lowest BCUT2D eigenvalue weighted by Gasteiger charge is -2.07. The maximum absolute atomic E-state index is 11.8. The number of aromatic nitrogens is 1. The van der Waals surface area contributed by atoms with E-state index in [0.717, 1.165) is 15.0 Å². The number of halogens is 1. The highest BCUT2D eigenvalue weighted by molar-refractivity contribution is 9.10. The molecule has 0 spiro atoms. The molecular formula is C15H15BrN2O3S. The summed E-state index contributed by atoms with van der Waals surface area (Å²) in [6.45, 7) is 1.67. The van der Waals surface area contributed by atoms with Gasteiger partial charge in [0.05, 0.1) is 18.0 Å². The quantitative estimate of drug-likeness (QED) is 0.804. The Morgan fingerprint density at radius 2 is 2.23 bits per heavy atom. The molecule has 0 radical (unpaired) electrons. The van der Waals surface area contributed by atoms with Crippen LogP contribution in [0.4, 0.5) is 0 Å². The van der Waals surface area contributed by atoms with Crippen molar-refractivity contribution in [3.05, 3.63) is 39.8 Å². The van der Waals surface area contributed by atoms with Gasteiger partial charge in [0, 0.05) is 22.0 Å². The minimum atomic E-state index is -0.925. The summed E-state index contributed by atoms with van der Waals surface area (Å²) in [4.78, 5) is 26.9. The van der Waals surface area contributed by atoms with E-state index in [9.17, 15) is 9.59 Å². The highest BCUT2D eigenvalue weighted by Crippen LogP contribution is 2.26. The fourth-order valence-corrected chi connectivity index (χ4v) is 2.94. The van der Waals surface area contributed by atoms with E-state index >= 15 is 0 Å². The molecule has 116 valence electrons. The molecule has 0 aliphatic carbocycles. The van der Waals surface area contributed by atoms with E-state index < -0.39 is 11.9 Å². The van der Waals surface area contributed by atoms with Crippen molar-refractivity contribution < 1.29 is 14.7 Å². The number of hydrogen-bond acceptors (Lipinski definition) is 4. The van der Waals surface area contributed by atoms with E-state index in [0.29, 0.717) is 5.69 Å². The summed E-state index contributed by atoms with van der Waals surface area (Å²) in [5.74, 6) is -1.75. The molecule has 2 N–H and O–H groups in total. The van der Waals surface area contributed by atoms with E-state index in [1.165, 1.54) is 11.3 Å². The van der Waals surface area contributed by atoms with Crippen molar-refractivity contribution in [3.8, 4) is 10.6 Å². The van der Waals surface area contributed by atoms with Crippen molar-refractivity contribution in [2.75, 3.05) is 6.54 Å². The van der Waals surface area contributed by atoms with Crippen LogP contribution in [0.15, 0.2) is 34.1 Å². The summed E-state index contributed by atoms with van der Waals surface area (Å²) in [6, 6.07) is 7.80. The topological polar surface area (TPSA) is 79.3 Å². The van der Waals surface area contributed by atoms with Gasteiger partial charge in [-0.2, -0.15) is 0 Å². The highest BCUT2D eigenvalue weighted by atomic mass is 79.9. The van der Waals surface area contributed by atoms with Gasteiger partial charge in [-0.1, -0.05) is 35.0 Å². The minimum Gasteiger partial charge on any atom is -0.481 e. The second-order valence-corrected chi connectivity index (χ2v) is 6.65. The van der Waals surface area contributed by atoms with E-state index in [1.807, 2.05) is 29.6 Å². The van der Waals surface area contributed by atoms with Crippen LogP contribution in [0.1, 0.15) is 12.6 Å². The van der Waals surface area contributed by atoms with Crippen molar-refractivity contribution in [1.29, 1.82) is 0 Å². The third-order valence-corrected chi connectivity index (χ3v) is 4.43. The first-order valence-corrected chi connectivity index (χ1v) is 8.33. The van der Waals surface area contributed by atoms with Crippen molar-refractivity contribution in [2.45, 2.75) is 13.3 Å². The molecule has 2 aromatic rings. The van der Waals surface area contributed by atoms with Crippen molar-refractivity contribution in [2.24, 2.45) is 5.92 Å². The van der Waals surface area contributed by atoms with Crippen LogP contribution in [0.5, 0.6) is 0 Å². The molecule has 0 fully saturated rings. The summed E-state index contributed by atoms with van der Waals surface area (Å²) < 4.78 is 0.974. The summed E-state index contributed by atoms with van der Waals surface area (Å²) >= 11 is 4.89. The predicted molar refractivity (Wildman–Crippen MR) is 88.8 cm³/mol. The SMILES string of the molecule is CC(CNC(=O)Cc1csc(-c2cccc(Br)c2)n1)C(=O)O. The second-order valence-electron chi connectivity index (χ2n) is 4.87. The number of benzene rings is 1. The Bertz CT molecular complexity index is 687. The first kappa shape index (κ1) is 16.6. The molecule has 5 nitrogen and oxygen atoms in total. The standard InChI is InChI=1S/C15H15BrN2O3S/c1-9(15(20)21)7-17-13(19)6-12-8-22-14(18-12)10-3-2-4-11(16)5-10/h2-5,8-9H,6-7H2,1H3,(H,17,19)(H,20,21). The van der Waals surface area contributed by atoms with Gasteiger partial charge in [-0.05, 0) is 12.1 Å². The third-order valence-electron chi connectivity index (χ3n) is 2.99. The number of hydrogen-bond donors (Lipinski definition) is 2. The van der Waals surface area contributed by atoms with Gasteiger partial charge in [0.2, 0.25) is 5.91 Å². The average Bonchev–Trinajstić information content (AvgIpc) is 2.93. The van der Waals surface area contributed by atoms with E-state index in [2.05, 4.69) is 26.2 Å². The molecule has 0 saturated heterocycles. The Kier molecular flexibility index (Phi) is 5.68. The summed E-state index contributed by atoms with van der Waals surface area (Å²) in [5, 5.41) is 14.1. The maximum atomic E-state index is 11.8. The first-order chi connectivity index (χ1) is 10.5. The molecule has 1 atom stereocenters. The molecule has 0 saturated carbocycles. The second kappa shape index (κ2) is 7.51. The Morgan fingerprint density at radius 3 is 2.91 bits per heavy atom. The normalized spacial score (nSPS) is 11.9. The summed E-state index contributed by atoms with van der Waals surface area (Å²) in [7, 11) is 0. The smallest absolute Gasteiger partial charge is 0.308 e. The molecule has 22 heavy (non-hydrogen) atoms. The van der Waals surface area contributed by atoms with Gasteiger partial charge in [0.1, 0.15) is 5.01 Å². The minimum absolute atomic E-state index is 0.122. The fourth-order valence-electron chi connectivity index (χ4n) is 1.72. The Balaban J connectivity index is 1.94. The number of carbonyl (C=O) groups excluding carboxylic acids is 1. The number of carbonyl (C=O) groups is 2. The molecule has 0 aliphatic heterocycles. The largest absolute Gasteiger partial charge is 0.481 e. The Hall–Kier alpha value is -1.73. The van der Waals surface area contributed by atoms with Crippen LogP contribution in [-0.2, 0) is 16.0 Å². The van der Waals surface area contributed by atoms with Gasteiger partial charge < -0.3 is 10.4 Å². The van der Waals surface area contributed by atoms with Gasteiger partial charge in [0.15, 0.2) is 0 Å². The van der Waals surface area contributed by atoms with Crippen LogP contribution in [-0.4, -0.2) is 28.5 Å². The van der Waals surface area contributed by atoms with Gasteiger partial charge in [-0.15, -0.1) is 11.3 Å². The van der Waals surface area contributed by atoms with Crippen molar-refractivity contribution in [3.63, 3.8) is 0 Å². The summed E-state index contributed by atoms with van der Waals surface area (Å²) in [5.41, 5.74) is 1.67. The molecule has 1 heterocycles. The number of amides is 1. The third kappa shape index (κ3) is 4.64. The highest BCUT2D eigenvalue weighted by Gasteiger charge is 2.13. The number of rotatable bonds is 6. The number of nitrogens with zero attached hydrogens (tertiary/aromatic N) is 1. The number of thiazole rings is 1. The lowest BCUT2D eigenvalue weighted by atomic mass is 10.2. The first-order valence-electron chi connectivity index (χ1n) is 6.65. The van der Waals surface area contributed by atoms with Crippen LogP contribution in [0, 0.1) is 5.92 Å². The number of aliphatic carboxylic acids is 1. The van der Waals surface area contributed by atoms with Crippen LogP contribution in [0.3, 0.4) is 0 Å². The molecule has 1 aromatic heterocycles. The summed E-state index contributed by atoms with van der Waals surface area (Å²) in [6.07, 6.45) is 0.150. The lowest BCUT2D eigenvalue weighted by molar-refractivity contribution is -0.141. The fraction of sp³-hybridized carbons (Fsp3) is 0.267. The Labute approximate surface area is 140 Å². The monoisotopic (exact) mass is 382 g/mol. The lowest BCUT2D eigenvalue weighted by Crippen LogP contribution is -2.32. The Morgan fingerprint density at radius 1 is 1.45 bits per heavy atom. The molecule has 0 bridgehead atoms. The predicted octanol–water partition coefficient (Wildman–Crippen LogP) is 2.95. The van der Waals surface area contributed by atoms with Crippen LogP contribution in [0.2, 0.25) is 0 Å². The maximum Gasteiger partial charge on any atom is 0.308 e. The number of carboxylic acid groups (broad SMARTS) is 1. The van der Waals surface area contributed by atoms with E-state index in [-0.39, 0.29) is 18.9 Å². The zero-order valence-corrected chi connectivity index (χ0v) is 14.3. The van der Waals surface area contributed by atoms with E-state index in [1.54, 1.807) is 6.92 Å². The molecular weight excluding hydrogens is 368 g/mol. The average molecular weight is 383 g/mol. The van der Waals surface area contributed by atoms with Gasteiger partial charge in [-0.3, -0.25) is 9.59 Å². The van der Waals surface area contributed by atoms with Crippen molar-refractivity contribution in [1.82, 2.24) is 10.3 Å². The zero-order chi connectivity index (χ0) is 16.1. The van der Waals surface area contributed by atoms with E-state index in [4.69, 9.17) is 5.11 Å². The molecule has 7 heteroatoms.